The second-order valence-electron chi connectivity index (χ2n) is 6.10. The molecular weight excluding hydrogens is 411 g/mol. The van der Waals surface area contributed by atoms with E-state index in [0.29, 0.717) is 17.3 Å². The lowest BCUT2D eigenvalue weighted by Gasteiger charge is -2.23. The lowest BCUT2D eigenvalue weighted by atomic mass is 10.2. The molecule has 0 saturated carbocycles. The number of nitrogens with one attached hydrogen (secondary N) is 2. The predicted octanol–water partition coefficient (Wildman–Crippen LogP) is 1.93. The molecule has 0 aliphatic rings. The van der Waals surface area contributed by atoms with Gasteiger partial charge in [0.15, 0.2) is 17.5 Å². The molecule has 0 fully saturated rings. The number of aryl methyl sites for hydroxylation is 1. The molecule has 2 N–H and O–H groups in total. The summed E-state index contributed by atoms with van der Waals surface area (Å²) in [5.74, 6) is -6.43. The van der Waals surface area contributed by atoms with Crippen molar-refractivity contribution < 1.29 is 31.2 Å². The van der Waals surface area contributed by atoms with Crippen LogP contribution in [0.15, 0.2) is 36.4 Å². The molecule has 0 radical (unpaired) electrons. The minimum absolute atomic E-state index is 0.304. The Morgan fingerprint density at radius 2 is 1.66 bits per heavy atom. The van der Waals surface area contributed by atoms with E-state index in [4.69, 9.17) is 0 Å². The van der Waals surface area contributed by atoms with Crippen molar-refractivity contribution in [2.45, 2.75) is 6.92 Å². The van der Waals surface area contributed by atoms with Crippen LogP contribution in [-0.4, -0.2) is 39.6 Å². The number of amides is 2. The topological polar surface area (TPSA) is 95.6 Å². The van der Waals surface area contributed by atoms with Gasteiger partial charge in [0.25, 0.3) is 0 Å². The molecule has 0 unspecified atom stereocenters. The van der Waals surface area contributed by atoms with Crippen LogP contribution >= 0.6 is 0 Å². The maximum Gasteiger partial charge on any atom is 0.243 e. The summed E-state index contributed by atoms with van der Waals surface area (Å²) in [6, 6.07) is 8.00. The number of carbonyl (C=O) groups excluding carboxylic acids is 2. The Kier molecular flexibility index (Phi) is 6.85. The molecule has 0 bridgehead atoms. The Balaban J connectivity index is 2.02. The Hall–Kier alpha value is -3.08. The number of nitrogens with zero attached hydrogens (tertiary/aromatic N) is 1. The highest BCUT2D eigenvalue weighted by atomic mass is 32.2. The summed E-state index contributed by atoms with van der Waals surface area (Å²) < 4.78 is 64.6. The minimum Gasteiger partial charge on any atom is -0.345 e. The molecule has 0 heterocycles. The molecule has 11 heteroatoms. The number of carbonyl (C=O) groups is 2. The fourth-order valence-electron chi connectivity index (χ4n) is 2.41. The van der Waals surface area contributed by atoms with Crippen LogP contribution in [0.2, 0.25) is 0 Å². The van der Waals surface area contributed by atoms with Crippen molar-refractivity contribution in [1.29, 1.82) is 0 Å². The number of halogens is 3. The van der Waals surface area contributed by atoms with Crippen LogP contribution in [0.4, 0.5) is 24.5 Å². The zero-order valence-electron chi connectivity index (χ0n) is 15.5. The van der Waals surface area contributed by atoms with Crippen molar-refractivity contribution in [2.75, 3.05) is 29.0 Å². The first-order chi connectivity index (χ1) is 13.5. The van der Waals surface area contributed by atoms with Gasteiger partial charge < -0.3 is 10.6 Å². The summed E-state index contributed by atoms with van der Waals surface area (Å²) in [5.41, 5.74) is 0.330. The van der Waals surface area contributed by atoms with E-state index >= 15 is 0 Å². The first-order valence-electron chi connectivity index (χ1n) is 8.24. The van der Waals surface area contributed by atoms with Gasteiger partial charge >= 0.3 is 0 Å². The molecule has 0 aliphatic carbocycles. The van der Waals surface area contributed by atoms with Gasteiger partial charge in [0.2, 0.25) is 21.8 Å². The lowest BCUT2D eigenvalue weighted by Crippen LogP contribution is -2.43. The maximum absolute atomic E-state index is 13.6. The fraction of sp³-hybridized carbons (Fsp3) is 0.222. The zero-order valence-corrected chi connectivity index (χ0v) is 16.3. The molecule has 29 heavy (non-hydrogen) atoms. The van der Waals surface area contributed by atoms with Gasteiger partial charge in [0.1, 0.15) is 6.54 Å². The highest BCUT2D eigenvalue weighted by Crippen LogP contribution is 2.22. The van der Waals surface area contributed by atoms with Crippen molar-refractivity contribution >= 4 is 33.2 Å². The summed E-state index contributed by atoms with van der Waals surface area (Å²) in [4.78, 5) is 24.0. The van der Waals surface area contributed by atoms with E-state index in [-0.39, 0.29) is 0 Å². The van der Waals surface area contributed by atoms with Gasteiger partial charge in [-0.3, -0.25) is 13.9 Å². The van der Waals surface area contributed by atoms with Crippen LogP contribution in [-0.2, 0) is 19.6 Å². The van der Waals surface area contributed by atoms with Gasteiger partial charge in [-0.1, -0.05) is 18.2 Å². The predicted molar refractivity (Wildman–Crippen MR) is 101 cm³/mol. The molecule has 0 saturated heterocycles. The summed E-state index contributed by atoms with van der Waals surface area (Å²) >= 11 is 0. The number of para-hydroxylation sites is 1. The molecule has 0 aromatic heterocycles. The van der Waals surface area contributed by atoms with Gasteiger partial charge in [-0.2, -0.15) is 0 Å². The summed E-state index contributed by atoms with van der Waals surface area (Å²) in [6.07, 6.45) is 0.936. The molecule has 2 aromatic carbocycles. The zero-order chi connectivity index (χ0) is 21.8. The third-order valence-corrected chi connectivity index (χ3v) is 4.95. The normalized spacial score (nSPS) is 11.1. The van der Waals surface area contributed by atoms with E-state index in [1.807, 2.05) is 5.32 Å². The summed E-state index contributed by atoms with van der Waals surface area (Å²) in [6.45, 7) is 0.453. The molecule has 2 aromatic rings. The highest BCUT2D eigenvalue weighted by molar-refractivity contribution is 7.92. The molecule has 2 amide bonds. The van der Waals surface area contributed by atoms with Gasteiger partial charge in [-0.05, 0) is 30.7 Å². The van der Waals surface area contributed by atoms with Crippen molar-refractivity contribution in [3.05, 3.63) is 59.4 Å². The second-order valence-corrected chi connectivity index (χ2v) is 8.01. The molecular formula is C18H18F3N3O4S. The van der Waals surface area contributed by atoms with Crippen LogP contribution in [0.1, 0.15) is 5.56 Å². The first kappa shape index (κ1) is 22.2. The monoisotopic (exact) mass is 429 g/mol. The average Bonchev–Trinajstić information content (AvgIpc) is 2.65. The van der Waals surface area contributed by atoms with Crippen molar-refractivity contribution in [3.8, 4) is 0 Å². The second kappa shape index (κ2) is 8.95. The van der Waals surface area contributed by atoms with Crippen molar-refractivity contribution in [2.24, 2.45) is 0 Å². The Morgan fingerprint density at radius 1 is 1.00 bits per heavy atom. The fourth-order valence-corrected chi connectivity index (χ4v) is 3.32. The highest BCUT2D eigenvalue weighted by Gasteiger charge is 2.22. The Morgan fingerprint density at radius 3 is 2.28 bits per heavy atom. The summed E-state index contributed by atoms with van der Waals surface area (Å²) in [5, 5.41) is 4.18. The standard InChI is InChI=1S/C18H18F3N3O4S/c1-11-5-3-4-6-14(11)24(29(2,27)28)10-16(26)22-9-15(25)23-13-8-7-12(19)17(20)18(13)21/h3-8H,9-10H2,1-2H3,(H,22,26)(H,23,25). The first-order valence-corrected chi connectivity index (χ1v) is 10.1. The third-order valence-electron chi connectivity index (χ3n) is 3.83. The van der Waals surface area contributed by atoms with E-state index in [0.717, 1.165) is 16.6 Å². The molecule has 7 nitrogen and oxygen atoms in total. The smallest absolute Gasteiger partial charge is 0.243 e. The van der Waals surface area contributed by atoms with Crippen LogP contribution in [0.5, 0.6) is 0 Å². The lowest BCUT2D eigenvalue weighted by molar-refractivity contribution is -0.123. The number of anilines is 2. The molecule has 0 spiro atoms. The number of benzene rings is 2. The van der Waals surface area contributed by atoms with E-state index in [1.54, 1.807) is 25.1 Å². The van der Waals surface area contributed by atoms with Crippen molar-refractivity contribution in [1.82, 2.24) is 5.32 Å². The number of hydrogen-bond donors (Lipinski definition) is 2. The molecule has 0 aliphatic heterocycles. The minimum atomic E-state index is -3.79. The van der Waals surface area contributed by atoms with E-state index < -0.39 is 58.1 Å². The quantitative estimate of drug-likeness (QED) is 0.658. The van der Waals surface area contributed by atoms with Gasteiger partial charge in [-0.15, -0.1) is 0 Å². The SMILES string of the molecule is Cc1ccccc1N(CC(=O)NCC(=O)Nc1ccc(F)c(F)c1F)S(C)(=O)=O. The average molecular weight is 429 g/mol. The van der Waals surface area contributed by atoms with Crippen LogP contribution in [0.25, 0.3) is 0 Å². The van der Waals surface area contributed by atoms with Crippen LogP contribution in [0.3, 0.4) is 0 Å². The van der Waals surface area contributed by atoms with E-state index in [9.17, 15) is 31.2 Å². The van der Waals surface area contributed by atoms with Gasteiger partial charge in [0, 0.05) is 0 Å². The molecule has 0 atom stereocenters. The van der Waals surface area contributed by atoms with Crippen LogP contribution in [0, 0.1) is 24.4 Å². The van der Waals surface area contributed by atoms with Crippen LogP contribution < -0.4 is 14.9 Å². The summed E-state index contributed by atoms with van der Waals surface area (Å²) in [7, 11) is -3.79. The molecule has 2 rings (SSSR count). The number of rotatable bonds is 7. The largest absolute Gasteiger partial charge is 0.345 e. The Labute approximate surface area is 165 Å². The molecule has 156 valence electrons. The van der Waals surface area contributed by atoms with E-state index in [1.165, 1.54) is 6.07 Å². The van der Waals surface area contributed by atoms with E-state index in [2.05, 4.69) is 5.32 Å². The number of sulfonamides is 1. The number of hydrogen-bond acceptors (Lipinski definition) is 4. The third kappa shape index (κ3) is 5.70. The van der Waals surface area contributed by atoms with Crippen molar-refractivity contribution in [3.63, 3.8) is 0 Å². The maximum atomic E-state index is 13.6. The van der Waals surface area contributed by atoms with Gasteiger partial charge in [0.05, 0.1) is 24.2 Å². The Bertz CT molecular complexity index is 1040. The van der Waals surface area contributed by atoms with Gasteiger partial charge in [-0.25, -0.2) is 21.6 Å².